The van der Waals surface area contributed by atoms with E-state index in [2.05, 4.69) is 10.6 Å². The lowest BCUT2D eigenvalue weighted by atomic mass is 9.91. The van der Waals surface area contributed by atoms with Gasteiger partial charge in [0.1, 0.15) is 0 Å². The van der Waals surface area contributed by atoms with Crippen molar-refractivity contribution < 1.29 is 4.79 Å². The van der Waals surface area contributed by atoms with Gasteiger partial charge in [-0.25, -0.2) is 0 Å². The van der Waals surface area contributed by atoms with E-state index in [0.717, 1.165) is 30.8 Å². The molecule has 1 amide bonds. The quantitative estimate of drug-likeness (QED) is 0.786. The Labute approximate surface area is 102 Å². The van der Waals surface area contributed by atoms with Crippen LogP contribution in [0.25, 0.3) is 0 Å². The van der Waals surface area contributed by atoms with Crippen LogP contribution in [-0.2, 0) is 4.79 Å². The molecule has 0 radical (unpaired) electrons. The summed E-state index contributed by atoms with van der Waals surface area (Å²) in [7, 11) is 2.03. The smallest absolute Gasteiger partial charge is 0.224 e. The molecule has 0 bridgehead atoms. The second-order valence-corrected chi connectivity index (χ2v) is 6.06. The highest BCUT2D eigenvalue weighted by atomic mass is 32.2. The molecule has 16 heavy (non-hydrogen) atoms. The number of hydrogen-bond acceptors (Lipinski definition) is 3. The largest absolute Gasteiger partial charge is 0.353 e. The molecule has 0 aromatic heterocycles. The van der Waals surface area contributed by atoms with Crippen LogP contribution < -0.4 is 10.6 Å². The Morgan fingerprint density at radius 3 is 2.38 bits per heavy atom. The van der Waals surface area contributed by atoms with Gasteiger partial charge >= 0.3 is 0 Å². The Morgan fingerprint density at radius 2 is 1.81 bits per heavy atom. The Bertz CT molecular complexity index is 233. The fourth-order valence-corrected chi connectivity index (χ4v) is 3.81. The fourth-order valence-electron chi connectivity index (χ4n) is 2.59. The molecule has 2 N–H and O–H groups in total. The second kappa shape index (κ2) is 5.92. The van der Waals surface area contributed by atoms with Crippen LogP contribution in [-0.4, -0.2) is 36.5 Å². The molecular formula is C12H22N2OS. The summed E-state index contributed by atoms with van der Waals surface area (Å²) in [5.74, 6) is 2.77. The summed E-state index contributed by atoms with van der Waals surface area (Å²) in [4.78, 5) is 11.9. The van der Waals surface area contributed by atoms with E-state index >= 15 is 0 Å². The predicted molar refractivity (Wildman–Crippen MR) is 68.7 cm³/mol. The molecule has 1 unspecified atom stereocenters. The third kappa shape index (κ3) is 3.14. The fraction of sp³-hybridized carbons (Fsp3) is 0.917. The van der Waals surface area contributed by atoms with Gasteiger partial charge in [0.05, 0.1) is 0 Å². The summed E-state index contributed by atoms with van der Waals surface area (Å²) < 4.78 is 0. The van der Waals surface area contributed by atoms with E-state index in [1.54, 1.807) is 0 Å². The van der Waals surface area contributed by atoms with Gasteiger partial charge in [-0.3, -0.25) is 4.79 Å². The van der Waals surface area contributed by atoms with Crippen LogP contribution in [0.5, 0.6) is 0 Å². The van der Waals surface area contributed by atoms with Crippen LogP contribution in [0.3, 0.4) is 0 Å². The molecule has 1 saturated carbocycles. The van der Waals surface area contributed by atoms with Crippen molar-refractivity contribution >= 4 is 17.7 Å². The average molecular weight is 242 g/mol. The molecule has 1 saturated heterocycles. The van der Waals surface area contributed by atoms with Crippen molar-refractivity contribution in [3.8, 4) is 0 Å². The van der Waals surface area contributed by atoms with Crippen LogP contribution >= 0.6 is 11.8 Å². The van der Waals surface area contributed by atoms with Gasteiger partial charge in [0, 0.05) is 23.8 Å². The van der Waals surface area contributed by atoms with Crippen molar-refractivity contribution in [3.05, 3.63) is 0 Å². The van der Waals surface area contributed by atoms with Gasteiger partial charge in [0.15, 0.2) is 0 Å². The first-order chi connectivity index (χ1) is 7.79. The summed E-state index contributed by atoms with van der Waals surface area (Å²) in [6, 6.07) is 1.10. The molecule has 2 rings (SSSR count). The molecule has 0 spiro atoms. The van der Waals surface area contributed by atoms with E-state index in [0.29, 0.717) is 18.0 Å². The molecule has 1 aliphatic heterocycles. The van der Waals surface area contributed by atoms with Crippen LogP contribution in [0.15, 0.2) is 0 Å². The molecule has 0 aromatic carbocycles. The van der Waals surface area contributed by atoms with Crippen LogP contribution in [0.2, 0.25) is 0 Å². The van der Waals surface area contributed by atoms with E-state index < -0.39 is 0 Å². The Hall–Kier alpha value is -0.220. The lowest BCUT2D eigenvalue weighted by Gasteiger charge is -2.29. The molecule has 3 nitrogen and oxygen atoms in total. The normalized spacial score (nSPS) is 34.9. The maximum Gasteiger partial charge on any atom is 0.224 e. The van der Waals surface area contributed by atoms with E-state index in [1.165, 1.54) is 12.8 Å². The van der Waals surface area contributed by atoms with E-state index in [-0.39, 0.29) is 5.92 Å². The van der Waals surface area contributed by atoms with Crippen LogP contribution in [0, 0.1) is 5.92 Å². The Kier molecular flexibility index (Phi) is 4.53. The highest BCUT2D eigenvalue weighted by Crippen LogP contribution is 2.24. The first-order valence-corrected chi connectivity index (χ1v) is 7.50. The molecule has 2 fully saturated rings. The van der Waals surface area contributed by atoms with Gasteiger partial charge < -0.3 is 10.6 Å². The van der Waals surface area contributed by atoms with Gasteiger partial charge in [0.25, 0.3) is 0 Å². The van der Waals surface area contributed by atoms with Crippen molar-refractivity contribution in [2.45, 2.75) is 44.2 Å². The van der Waals surface area contributed by atoms with Gasteiger partial charge in [0.2, 0.25) is 5.91 Å². The topological polar surface area (TPSA) is 41.1 Å². The summed E-state index contributed by atoms with van der Waals surface area (Å²) in [5, 5.41) is 6.54. The molecule has 1 heterocycles. The predicted octanol–water partition coefficient (Wildman–Crippen LogP) is 1.39. The number of carbonyl (C=O) groups is 1. The maximum absolute atomic E-state index is 11.9. The Morgan fingerprint density at radius 1 is 1.12 bits per heavy atom. The average Bonchev–Trinajstić information content (AvgIpc) is 2.83. The first kappa shape index (κ1) is 12.2. The molecule has 4 heteroatoms. The van der Waals surface area contributed by atoms with Crippen molar-refractivity contribution in [2.24, 2.45) is 5.92 Å². The number of rotatable bonds is 3. The standard InChI is InChI=1S/C12H22N2OS/c1-13-10-2-4-11(5-3-10)14-12(15)9-6-7-16-8-9/h9-11,13H,2-8H2,1H3,(H,14,15). The minimum absolute atomic E-state index is 0.284. The molecule has 1 atom stereocenters. The van der Waals surface area contributed by atoms with Crippen molar-refractivity contribution in [1.29, 1.82) is 0 Å². The third-order valence-electron chi connectivity index (χ3n) is 3.78. The summed E-state index contributed by atoms with van der Waals surface area (Å²) in [5.41, 5.74) is 0. The summed E-state index contributed by atoms with van der Waals surface area (Å²) in [6.45, 7) is 0. The van der Waals surface area contributed by atoms with E-state index in [9.17, 15) is 4.79 Å². The van der Waals surface area contributed by atoms with Gasteiger partial charge in [-0.1, -0.05) is 0 Å². The minimum Gasteiger partial charge on any atom is -0.353 e. The first-order valence-electron chi connectivity index (χ1n) is 6.35. The second-order valence-electron chi connectivity index (χ2n) is 4.91. The number of amides is 1. The van der Waals surface area contributed by atoms with Gasteiger partial charge in [-0.05, 0) is 44.9 Å². The lowest BCUT2D eigenvalue weighted by molar-refractivity contribution is -0.125. The third-order valence-corrected chi connectivity index (χ3v) is 4.94. The van der Waals surface area contributed by atoms with Crippen molar-refractivity contribution in [1.82, 2.24) is 10.6 Å². The number of hydrogen-bond donors (Lipinski definition) is 2. The van der Waals surface area contributed by atoms with E-state index in [4.69, 9.17) is 0 Å². The van der Waals surface area contributed by atoms with Gasteiger partial charge in [-0.2, -0.15) is 11.8 Å². The lowest BCUT2D eigenvalue weighted by Crippen LogP contribution is -2.43. The highest BCUT2D eigenvalue weighted by molar-refractivity contribution is 7.99. The minimum atomic E-state index is 0.284. The molecule has 0 aromatic rings. The van der Waals surface area contributed by atoms with Crippen LogP contribution in [0.4, 0.5) is 0 Å². The molecule has 1 aliphatic carbocycles. The van der Waals surface area contributed by atoms with Crippen LogP contribution in [0.1, 0.15) is 32.1 Å². The molecular weight excluding hydrogens is 220 g/mol. The zero-order valence-electron chi connectivity index (χ0n) is 10.00. The number of carbonyl (C=O) groups excluding carboxylic acids is 1. The van der Waals surface area contributed by atoms with E-state index in [1.807, 2.05) is 18.8 Å². The molecule has 2 aliphatic rings. The monoisotopic (exact) mass is 242 g/mol. The summed E-state index contributed by atoms with van der Waals surface area (Å²) >= 11 is 1.91. The number of nitrogens with one attached hydrogen (secondary N) is 2. The number of thioether (sulfide) groups is 1. The zero-order valence-corrected chi connectivity index (χ0v) is 10.8. The highest BCUT2D eigenvalue weighted by Gasteiger charge is 2.27. The zero-order chi connectivity index (χ0) is 11.4. The Balaban J connectivity index is 1.71. The van der Waals surface area contributed by atoms with Crippen molar-refractivity contribution in [3.63, 3.8) is 0 Å². The molecule has 92 valence electrons. The van der Waals surface area contributed by atoms with Crippen molar-refractivity contribution in [2.75, 3.05) is 18.6 Å². The maximum atomic E-state index is 11.9. The summed E-state index contributed by atoms with van der Waals surface area (Å²) in [6.07, 6.45) is 5.73. The van der Waals surface area contributed by atoms with Gasteiger partial charge in [-0.15, -0.1) is 0 Å². The SMILES string of the molecule is CNC1CCC(NC(=O)C2CCSC2)CC1.